The Balaban J connectivity index is 1.60. The zero-order valence-electron chi connectivity index (χ0n) is 16.0. The summed E-state index contributed by atoms with van der Waals surface area (Å²) in [4.78, 5) is 40.5. The van der Waals surface area contributed by atoms with Gasteiger partial charge in [-0.3, -0.25) is 18.7 Å². The minimum Gasteiger partial charge on any atom is -0.352 e. The van der Waals surface area contributed by atoms with E-state index in [0.29, 0.717) is 35.3 Å². The number of nitrogens with zero attached hydrogens (tertiary/aromatic N) is 4. The molecule has 1 aromatic carbocycles. The van der Waals surface area contributed by atoms with Gasteiger partial charge >= 0.3 is 5.69 Å². The average Bonchev–Trinajstić information content (AvgIpc) is 3.09. The van der Waals surface area contributed by atoms with E-state index in [2.05, 4.69) is 10.3 Å². The first-order chi connectivity index (χ1) is 13.3. The van der Waals surface area contributed by atoms with E-state index < -0.39 is 11.2 Å². The minimum atomic E-state index is -0.435. The lowest BCUT2D eigenvalue weighted by molar-refractivity contribution is -0.121. The number of fused-ring (bicyclic) bond motifs is 1. The molecule has 3 rings (SSSR count). The van der Waals surface area contributed by atoms with Crippen LogP contribution in [-0.4, -0.2) is 24.6 Å². The van der Waals surface area contributed by atoms with Crippen LogP contribution in [0.4, 0.5) is 4.39 Å². The third kappa shape index (κ3) is 3.73. The second-order valence-corrected chi connectivity index (χ2v) is 6.78. The number of carbonyl (C=O) groups is 1. The standard InChI is InChI=1S/C19H22FN5O3/c1-12-6-7-13(9-14(12)20)10-21-15(26)5-4-8-25-11-22-17-16(25)18(27)24(3)19(28)23(17)2/h6-7,9,11H,4-5,8,10H2,1-3H3,(H,21,26). The van der Waals surface area contributed by atoms with Crippen molar-refractivity contribution in [2.45, 2.75) is 32.9 Å². The van der Waals surface area contributed by atoms with Gasteiger partial charge in [0.25, 0.3) is 5.56 Å². The maximum Gasteiger partial charge on any atom is 0.332 e. The molecule has 0 fully saturated rings. The SMILES string of the molecule is Cc1ccc(CNC(=O)CCCn2cnc3c2c(=O)n(C)c(=O)n3C)cc1F. The zero-order chi connectivity index (χ0) is 20.4. The van der Waals surface area contributed by atoms with Crippen molar-refractivity contribution in [3.8, 4) is 0 Å². The monoisotopic (exact) mass is 387 g/mol. The number of halogens is 1. The molecular formula is C19H22FN5O3. The Bertz CT molecular complexity index is 1160. The molecule has 0 unspecified atom stereocenters. The summed E-state index contributed by atoms with van der Waals surface area (Å²) in [5.74, 6) is -0.458. The smallest absolute Gasteiger partial charge is 0.332 e. The Kier molecular flexibility index (Phi) is 5.43. The highest BCUT2D eigenvalue weighted by Gasteiger charge is 2.14. The lowest BCUT2D eigenvalue weighted by Crippen LogP contribution is -2.37. The van der Waals surface area contributed by atoms with Crippen molar-refractivity contribution in [2.24, 2.45) is 14.1 Å². The van der Waals surface area contributed by atoms with E-state index in [0.717, 1.165) is 4.57 Å². The highest BCUT2D eigenvalue weighted by atomic mass is 19.1. The predicted octanol–water partition coefficient (Wildman–Crippen LogP) is 0.978. The van der Waals surface area contributed by atoms with Crippen LogP contribution in [0.1, 0.15) is 24.0 Å². The fourth-order valence-corrected chi connectivity index (χ4v) is 3.01. The molecule has 0 aliphatic rings. The summed E-state index contributed by atoms with van der Waals surface area (Å²) in [6, 6.07) is 4.86. The lowest BCUT2D eigenvalue weighted by atomic mass is 10.1. The van der Waals surface area contributed by atoms with Crippen molar-refractivity contribution in [1.29, 1.82) is 0 Å². The summed E-state index contributed by atoms with van der Waals surface area (Å²) in [6.07, 6.45) is 2.24. The van der Waals surface area contributed by atoms with Gasteiger partial charge < -0.3 is 9.88 Å². The zero-order valence-corrected chi connectivity index (χ0v) is 16.0. The Morgan fingerprint density at radius 2 is 1.96 bits per heavy atom. The molecule has 1 amide bonds. The molecule has 0 saturated carbocycles. The minimum absolute atomic E-state index is 0.161. The molecule has 0 radical (unpaired) electrons. The molecule has 28 heavy (non-hydrogen) atoms. The van der Waals surface area contributed by atoms with E-state index in [1.54, 1.807) is 30.7 Å². The van der Waals surface area contributed by atoms with Crippen LogP contribution in [0.25, 0.3) is 11.2 Å². The molecule has 3 aromatic rings. The second-order valence-electron chi connectivity index (χ2n) is 6.78. The van der Waals surface area contributed by atoms with Crippen molar-refractivity contribution >= 4 is 17.1 Å². The molecule has 148 valence electrons. The number of imidazole rings is 1. The summed E-state index contributed by atoms with van der Waals surface area (Å²) in [6.45, 7) is 2.35. The Hall–Kier alpha value is -3.23. The fourth-order valence-electron chi connectivity index (χ4n) is 3.01. The number of aromatic nitrogens is 4. The number of aryl methyl sites for hydroxylation is 3. The third-order valence-electron chi connectivity index (χ3n) is 4.75. The van der Waals surface area contributed by atoms with E-state index in [1.807, 2.05) is 0 Å². The van der Waals surface area contributed by atoms with Crippen LogP contribution in [0.5, 0.6) is 0 Å². The summed E-state index contributed by atoms with van der Waals surface area (Å²) < 4.78 is 17.5. The number of benzene rings is 1. The maximum absolute atomic E-state index is 13.5. The number of rotatable bonds is 6. The maximum atomic E-state index is 13.5. The van der Waals surface area contributed by atoms with Crippen LogP contribution >= 0.6 is 0 Å². The van der Waals surface area contributed by atoms with Gasteiger partial charge in [-0.2, -0.15) is 0 Å². The van der Waals surface area contributed by atoms with Gasteiger partial charge in [-0.25, -0.2) is 14.2 Å². The number of hydrogen-bond donors (Lipinski definition) is 1. The van der Waals surface area contributed by atoms with Gasteiger partial charge in [-0.15, -0.1) is 0 Å². The fraction of sp³-hybridized carbons (Fsp3) is 0.368. The molecule has 2 heterocycles. The number of amides is 1. The largest absolute Gasteiger partial charge is 0.352 e. The van der Waals surface area contributed by atoms with Crippen molar-refractivity contribution in [1.82, 2.24) is 24.0 Å². The summed E-state index contributed by atoms with van der Waals surface area (Å²) in [5.41, 5.74) is 1.06. The molecule has 0 atom stereocenters. The number of hydrogen-bond acceptors (Lipinski definition) is 4. The predicted molar refractivity (Wildman–Crippen MR) is 102 cm³/mol. The van der Waals surface area contributed by atoms with E-state index in [9.17, 15) is 18.8 Å². The molecule has 2 aromatic heterocycles. The highest BCUT2D eigenvalue weighted by molar-refractivity contribution is 5.75. The van der Waals surface area contributed by atoms with Crippen molar-refractivity contribution in [2.75, 3.05) is 0 Å². The van der Waals surface area contributed by atoms with Crippen LogP contribution in [0.3, 0.4) is 0 Å². The topological polar surface area (TPSA) is 90.9 Å². The Labute approximate surface area is 160 Å². The molecular weight excluding hydrogens is 365 g/mol. The van der Waals surface area contributed by atoms with Crippen LogP contribution in [0, 0.1) is 12.7 Å². The van der Waals surface area contributed by atoms with Gasteiger partial charge in [0.1, 0.15) is 5.82 Å². The molecule has 0 aliphatic carbocycles. The Morgan fingerprint density at radius 3 is 2.68 bits per heavy atom. The van der Waals surface area contributed by atoms with Gasteiger partial charge in [0, 0.05) is 33.6 Å². The van der Waals surface area contributed by atoms with E-state index in [-0.39, 0.29) is 24.7 Å². The summed E-state index contributed by atoms with van der Waals surface area (Å²) >= 11 is 0. The van der Waals surface area contributed by atoms with Gasteiger partial charge in [0.2, 0.25) is 5.91 Å². The normalized spacial score (nSPS) is 11.1. The molecule has 8 nitrogen and oxygen atoms in total. The van der Waals surface area contributed by atoms with Crippen molar-refractivity contribution in [3.05, 3.63) is 62.3 Å². The average molecular weight is 387 g/mol. The van der Waals surface area contributed by atoms with Crippen LogP contribution in [0.15, 0.2) is 34.1 Å². The number of nitrogens with one attached hydrogen (secondary N) is 1. The first-order valence-electron chi connectivity index (χ1n) is 8.92. The molecule has 0 bridgehead atoms. The van der Waals surface area contributed by atoms with Gasteiger partial charge in [-0.05, 0) is 30.5 Å². The van der Waals surface area contributed by atoms with Gasteiger partial charge in [0.05, 0.1) is 6.33 Å². The van der Waals surface area contributed by atoms with Crippen LogP contribution in [0.2, 0.25) is 0 Å². The van der Waals surface area contributed by atoms with Gasteiger partial charge in [0.15, 0.2) is 11.2 Å². The first-order valence-corrected chi connectivity index (χ1v) is 8.92. The lowest BCUT2D eigenvalue weighted by Gasteiger charge is -2.08. The highest BCUT2D eigenvalue weighted by Crippen LogP contribution is 2.10. The van der Waals surface area contributed by atoms with Crippen LogP contribution < -0.4 is 16.6 Å². The van der Waals surface area contributed by atoms with E-state index in [1.165, 1.54) is 24.0 Å². The summed E-state index contributed by atoms with van der Waals surface area (Å²) in [7, 11) is 2.98. The molecule has 0 aliphatic heterocycles. The van der Waals surface area contributed by atoms with E-state index in [4.69, 9.17) is 0 Å². The third-order valence-corrected chi connectivity index (χ3v) is 4.75. The molecule has 1 N–H and O–H groups in total. The van der Waals surface area contributed by atoms with Crippen molar-refractivity contribution in [3.63, 3.8) is 0 Å². The van der Waals surface area contributed by atoms with Crippen LogP contribution in [-0.2, 0) is 32.0 Å². The quantitative estimate of drug-likeness (QED) is 0.683. The van der Waals surface area contributed by atoms with Gasteiger partial charge in [-0.1, -0.05) is 12.1 Å². The second kappa shape index (κ2) is 7.79. The van der Waals surface area contributed by atoms with E-state index >= 15 is 0 Å². The molecule has 9 heteroatoms. The molecule has 0 saturated heterocycles. The summed E-state index contributed by atoms with van der Waals surface area (Å²) in [5, 5.41) is 2.76. The van der Waals surface area contributed by atoms with Crippen molar-refractivity contribution < 1.29 is 9.18 Å². The number of carbonyl (C=O) groups excluding carboxylic acids is 1. The first kappa shape index (κ1) is 19.5. The molecule has 0 spiro atoms. The Morgan fingerprint density at radius 1 is 1.21 bits per heavy atom.